The molecule has 0 atom stereocenters. The highest BCUT2D eigenvalue weighted by Gasteiger charge is 2.15. The van der Waals surface area contributed by atoms with Crippen LogP contribution >= 0.6 is 0 Å². The second-order valence-corrected chi connectivity index (χ2v) is 5.29. The van der Waals surface area contributed by atoms with Crippen molar-refractivity contribution in [2.75, 3.05) is 11.9 Å². The molecule has 4 nitrogen and oxygen atoms in total. The lowest BCUT2D eigenvalue weighted by molar-refractivity contribution is 0.442. The molecule has 0 amide bonds. The Morgan fingerprint density at radius 3 is 2.68 bits per heavy atom. The van der Waals surface area contributed by atoms with Crippen molar-refractivity contribution >= 4 is 11.6 Å². The third kappa shape index (κ3) is 3.70. The molecule has 0 bridgehead atoms. The minimum absolute atomic E-state index is 0.409. The normalized spacial score (nSPS) is 17.3. The predicted octanol–water partition coefficient (Wildman–Crippen LogP) is 2.58. The van der Waals surface area contributed by atoms with Gasteiger partial charge in [-0.25, -0.2) is 10.8 Å². The first-order chi connectivity index (χ1) is 9.20. The summed E-state index contributed by atoms with van der Waals surface area (Å²) in [6.07, 6.45) is 6.24. The van der Waals surface area contributed by atoms with Gasteiger partial charge in [0, 0.05) is 12.7 Å². The number of nitrogens with two attached hydrogens (primary N) is 1. The summed E-state index contributed by atoms with van der Waals surface area (Å²) in [5.41, 5.74) is 5.08. The van der Waals surface area contributed by atoms with Crippen molar-refractivity contribution in [3.8, 4) is 0 Å². The third-order valence-electron chi connectivity index (χ3n) is 3.72. The molecule has 19 heavy (non-hydrogen) atoms. The van der Waals surface area contributed by atoms with Gasteiger partial charge in [0.25, 0.3) is 0 Å². The largest absolute Gasteiger partial charge is 0.315 e. The first-order valence-corrected chi connectivity index (χ1v) is 7.05. The van der Waals surface area contributed by atoms with E-state index in [0.29, 0.717) is 6.04 Å². The number of hydrazine groups is 1. The van der Waals surface area contributed by atoms with E-state index < -0.39 is 0 Å². The van der Waals surface area contributed by atoms with Crippen LogP contribution in [0.3, 0.4) is 0 Å². The SMILES string of the molecule is Cc1cccc(N(C)C(=NC2CCCCC2)NN)c1. The number of nitrogens with zero attached hydrogens (tertiary/aromatic N) is 2. The average Bonchev–Trinajstić information content (AvgIpc) is 2.45. The summed E-state index contributed by atoms with van der Waals surface area (Å²) in [5, 5.41) is 0. The van der Waals surface area contributed by atoms with E-state index in [4.69, 9.17) is 10.8 Å². The molecule has 1 saturated carbocycles. The van der Waals surface area contributed by atoms with Gasteiger partial charge in [0.2, 0.25) is 5.96 Å². The van der Waals surface area contributed by atoms with Gasteiger partial charge in [-0.2, -0.15) is 0 Å². The molecule has 104 valence electrons. The van der Waals surface area contributed by atoms with Crippen LogP contribution in [0.25, 0.3) is 0 Å². The summed E-state index contributed by atoms with van der Waals surface area (Å²) < 4.78 is 0. The maximum Gasteiger partial charge on any atom is 0.212 e. The standard InChI is InChI=1S/C15H24N4/c1-12-7-6-10-14(11-12)19(2)15(18-16)17-13-8-4-3-5-9-13/h6-7,10-11,13H,3-5,8-9,16H2,1-2H3,(H,17,18). The molecular formula is C15H24N4. The lowest BCUT2D eigenvalue weighted by Crippen LogP contribution is -2.43. The predicted molar refractivity (Wildman–Crippen MR) is 81.2 cm³/mol. The Balaban J connectivity index is 2.13. The monoisotopic (exact) mass is 260 g/mol. The minimum Gasteiger partial charge on any atom is -0.315 e. The molecule has 1 aliphatic rings. The molecule has 0 aromatic heterocycles. The van der Waals surface area contributed by atoms with Crippen LogP contribution in [0.2, 0.25) is 0 Å². The highest BCUT2D eigenvalue weighted by atomic mass is 15.4. The molecule has 0 heterocycles. The number of aryl methyl sites for hydroxylation is 1. The fraction of sp³-hybridized carbons (Fsp3) is 0.533. The van der Waals surface area contributed by atoms with E-state index in [1.807, 2.05) is 11.9 Å². The summed E-state index contributed by atoms with van der Waals surface area (Å²) >= 11 is 0. The van der Waals surface area contributed by atoms with Crippen LogP contribution in [0.4, 0.5) is 5.69 Å². The van der Waals surface area contributed by atoms with E-state index in [9.17, 15) is 0 Å². The Labute approximate surface area is 115 Å². The number of hydrogen-bond donors (Lipinski definition) is 2. The molecule has 2 rings (SSSR count). The van der Waals surface area contributed by atoms with Crippen LogP contribution < -0.4 is 16.2 Å². The quantitative estimate of drug-likeness (QED) is 0.372. The molecule has 4 heteroatoms. The smallest absolute Gasteiger partial charge is 0.212 e. The van der Waals surface area contributed by atoms with Crippen molar-refractivity contribution in [2.45, 2.75) is 45.1 Å². The van der Waals surface area contributed by atoms with Gasteiger partial charge in [-0.05, 0) is 37.5 Å². The van der Waals surface area contributed by atoms with Crippen molar-refractivity contribution in [3.05, 3.63) is 29.8 Å². The van der Waals surface area contributed by atoms with Gasteiger partial charge < -0.3 is 4.90 Å². The van der Waals surface area contributed by atoms with Gasteiger partial charge in [-0.15, -0.1) is 0 Å². The van der Waals surface area contributed by atoms with E-state index in [1.165, 1.54) is 37.7 Å². The Morgan fingerprint density at radius 1 is 1.32 bits per heavy atom. The van der Waals surface area contributed by atoms with Gasteiger partial charge in [0.05, 0.1) is 6.04 Å². The number of aliphatic imine (C=N–C) groups is 1. The van der Waals surface area contributed by atoms with Gasteiger partial charge >= 0.3 is 0 Å². The molecule has 3 N–H and O–H groups in total. The van der Waals surface area contributed by atoms with Crippen LogP contribution in [-0.4, -0.2) is 19.0 Å². The molecule has 1 aliphatic carbocycles. The summed E-state index contributed by atoms with van der Waals surface area (Å²) in [4.78, 5) is 6.78. The number of rotatable bonds is 2. The van der Waals surface area contributed by atoms with Gasteiger partial charge in [-0.1, -0.05) is 31.4 Å². The average molecular weight is 260 g/mol. The fourth-order valence-electron chi connectivity index (χ4n) is 2.56. The first-order valence-electron chi connectivity index (χ1n) is 7.05. The number of anilines is 1. The van der Waals surface area contributed by atoms with E-state index in [-0.39, 0.29) is 0 Å². The summed E-state index contributed by atoms with van der Waals surface area (Å²) in [7, 11) is 2.00. The van der Waals surface area contributed by atoms with Gasteiger partial charge in [0.1, 0.15) is 0 Å². The van der Waals surface area contributed by atoms with E-state index >= 15 is 0 Å². The Morgan fingerprint density at radius 2 is 2.05 bits per heavy atom. The second-order valence-electron chi connectivity index (χ2n) is 5.29. The topological polar surface area (TPSA) is 53.6 Å². The summed E-state index contributed by atoms with van der Waals surface area (Å²) in [5.74, 6) is 6.39. The number of hydrogen-bond acceptors (Lipinski definition) is 2. The summed E-state index contributed by atoms with van der Waals surface area (Å²) in [6, 6.07) is 8.75. The van der Waals surface area contributed by atoms with E-state index in [1.54, 1.807) is 0 Å². The fourth-order valence-corrected chi connectivity index (χ4v) is 2.56. The van der Waals surface area contributed by atoms with Crippen molar-refractivity contribution in [1.29, 1.82) is 0 Å². The molecule has 0 aliphatic heterocycles. The van der Waals surface area contributed by atoms with Crippen molar-refractivity contribution in [3.63, 3.8) is 0 Å². The number of benzene rings is 1. The van der Waals surface area contributed by atoms with Crippen LogP contribution in [0.1, 0.15) is 37.7 Å². The lowest BCUT2D eigenvalue weighted by Gasteiger charge is -2.24. The molecule has 0 saturated heterocycles. The minimum atomic E-state index is 0.409. The van der Waals surface area contributed by atoms with E-state index in [0.717, 1.165) is 11.6 Å². The summed E-state index contributed by atoms with van der Waals surface area (Å²) in [6.45, 7) is 2.09. The first kappa shape index (κ1) is 13.9. The van der Waals surface area contributed by atoms with Crippen molar-refractivity contribution in [1.82, 2.24) is 5.43 Å². The van der Waals surface area contributed by atoms with Crippen LogP contribution in [-0.2, 0) is 0 Å². The highest BCUT2D eigenvalue weighted by molar-refractivity contribution is 5.95. The molecule has 1 aromatic carbocycles. The molecule has 1 aromatic rings. The maximum absolute atomic E-state index is 5.64. The molecule has 1 fully saturated rings. The van der Waals surface area contributed by atoms with Crippen molar-refractivity contribution < 1.29 is 0 Å². The molecule has 0 spiro atoms. The zero-order valence-corrected chi connectivity index (χ0v) is 11.9. The van der Waals surface area contributed by atoms with Crippen LogP contribution in [0, 0.1) is 6.92 Å². The van der Waals surface area contributed by atoms with Crippen molar-refractivity contribution in [2.24, 2.45) is 10.8 Å². The zero-order valence-electron chi connectivity index (χ0n) is 11.9. The number of guanidine groups is 1. The van der Waals surface area contributed by atoms with Gasteiger partial charge in [-0.3, -0.25) is 5.43 Å². The Kier molecular flexibility index (Phi) is 4.80. The molecule has 0 unspecified atom stereocenters. The van der Waals surface area contributed by atoms with Crippen LogP contribution in [0.5, 0.6) is 0 Å². The zero-order chi connectivity index (χ0) is 13.7. The highest BCUT2D eigenvalue weighted by Crippen LogP contribution is 2.21. The Bertz CT molecular complexity index is 436. The maximum atomic E-state index is 5.64. The number of nitrogens with one attached hydrogen (secondary N) is 1. The Hall–Kier alpha value is -1.55. The van der Waals surface area contributed by atoms with E-state index in [2.05, 4.69) is 36.6 Å². The lowest BCUT2D eigenvalue weighted by atomic mass is 9.96. The molecular weight excluding hydrogens is 236 g/mol. The van der Waals surface area contributed by atoms with Crippen LogP contribution in [0.15, 0.2) is 29.3 Å². The second kappa shape index (κ2) is 6.57. The third-order valence-corrected chi connectivity index (χ3v) is 3.72. The van der Waals surface area contributed by atoms with Gasteiger partial charge in [0.15, 0.2) is 0 Å². The molecule has 0 radical (unpaired) electrons.